The van der Waals surface area contributed by atoms with Gasteiger partial charge in [0.1, 0.15) is 17.3 Å². The summed E-state index contributed by atoms with van der Waals surface area (Å²) in [5, 5.41) is 6.50. The van der Waals surface area contributed by atoms with Crippen LogP contribution in [0.2, 0.25) is 5.02 Å². The van der Waals surface area contributed by atoms with Crippen molar-refractivity contribution in [2.24, 2.45) is 0 Å². The molecule has 0 aliphatic carbocycles. The SMILES string of the molecule is COc1ccc(Nc2ccc(C(=O)NCc3ccccc3OC)cn2)cc1Cl. The fourth-order valence-corrected chi connectivity index (χ4v) is 2.88. The van der Waals surface area contributed by atoms with Crippen molar-refractivity contribution in [3.8, 4) is 11.5 Å². The first-order chi connectivity index (χ1) is 13.6. The molecule has 0 bridgehead atoms. The van der Waals surface area contributed by atoms with Crippen molar-refractivity contribution < 1.29 is 14.3 Å². The number of carbonyl (C=O) groups excluding carboxylic acids is 1. The molecule has 1 heterocycles. The minimum Gasteiger partial charge on any atom is -0.496 e. The number of rotatable bonds is 7. The first-order valence-electron chi connectivity index (χ1n) is 8.57. The number of benzene rings is 2. The number of methoxy groups -OCH3 is 2. The van der Waals surface area contributed by atoms with Crippen molar-refractivity contribution in [3.05, 3.63) is 76.9 Å². The molecule has 1 amide bonds. The minimum absolute atomic E-state index is 0.211. The van der Waals surface area contributed by atoms with Crippen LogP contribution in [0.25, 0.3) is 0 Å². The molecule has 0 radical (unpaired) electrons. The van der Waals surface area contributed by atoms with E-state index >= 15 is 0 Å². The summed E-state index contributed by atoms with van der Waals surface area (Å²) in [6, 6.07) is 16.3. The number of nitrogens with one attached hydrogen (secondary N) is 2. The van der Waals surface area contributed by atoms with Crippen LogP contribution in [-0.2, 0) is 6.54 Å². The number of halogens is 1. The molecule has 2 N–H and O–H groups in total. The molecule has 0 fully saturated rings. The van der Waals surface area contributed by atoms with Gasteiger partial charge in [-0.25, -0.2) is 4.98 Å². The number of ether oxygens (including phenoxy) is 2. The maximum Gasteiger partial charge on any atom is 0.253 e. The number of hydrogen-bond acceptors (Lipinski definition) is 5. The van der Waals surface area contributed by atoms with Gasteiger partial charge in [0.05, 0.1) is 24.8 Å². The summed E-state index contributed by atoms with van der Waals surface area (Å²) in [6.07, 6.45) is 1.52. The lowest BCUT2D eigenvalue weighted by Gasteiger charge is -2.10. The van der Waals surface area contributed by atoms with Crippen molar-refractivity contribution in [1.29, 1.82) is 0 Å². The van der Waals surface area contributed by atoms with Crippen LogP contribution in [0.1, 0.15) is 15.9 Å². The largest absolute Gasteiger partial charge is 0.496 e. The van der Waals surface area contributed by atoms with E-state index in [1.165, 1.54) is 6.20 Å². The zero-order valence-electron chi connectivity index (χ0n) is 15.5. The summed E-state index contributed by atoms with van der Waals surface area (Å²) >= 11 is 6.12. The minimum atomic E-state index is -0.211. The Morgan fingerprint density at radius 1 is 1.04 bits per heavy atom. The standard InChI is InChI=1S/C21H20ClN3O3/c1-27-18-6-4-3-5-14(18)12-24-21(26)15-7-10-20(23-13-15)25-16-8-9-19(28-2)17(22)11-16/h3-11,13H,12H2,1-2H3,(H,23,25)(H,24,26). The zero-order valence-corrected chi connectivity index (χ0v) is 16.3. The van der Waals surface area contributed by atoms with Gasteiger partial charge >= 0.3 is 0 Å². The normalized spacial score (nSPS) is 10.2. The Balaban J connectivity index is 1.62. The second-order valence-corrected chi connectivity index (χ2v) is 6.31. The van der Waals surface area contributed by atoms with Gasteiger partial charge in [0.25, 0.3) is 5.91 Å². The molecule has 1 aromatic heterocycles. The fraction of sp³-hybridized carbons (Fsp3) is 0.143. The molecule has 0 atom stereocenters. The van der Waals surface area contributed by atoms with E-state index < -0.39 is 0 Å². The molecule has 6 nitrogen and oxygen atoms in total. The Labute approximate surface area is 168 Å². The third kappa shape index (κ3) is 4.72. The molecule has 0 aliphatic rings. The molecule has 0 saturated heterocycles. The molecule has 0 unspecified atom stereocenters. The van der Waals surface area contributed by atoms with Crippen LogP contribution >= 0.6 is 11.6 Å². The van der Waals surface area contributed by atoms with E-state index in [-0.39, 0.29) is 5.91 Å². The van der Waals surface area contributed by atoms with E-state index in [1.54, 1.807) is 38.5 Å². The van der Waals surface area contributed by atoms with E-state index in [1.807, 2.05) is 30.3 Å². The molecule has 28 heavy (non-hydrogen) atoms. The summed E-state index contributed by atoms with van der Waals surface area (Å²) < 4.78 is 10.4. The van der Waals surface area contributed by atoms with Crippen molar-refractivity contribution in [1.82, 2.24) is 10.3 Å². The lowest BCUT2D eigenvalue weighted by molar-refractivity contribution is 0.0950. The molecule has 144 valence electrons. The zero-order chi connectivity index (χ0) is 19.9. The molecular weight excluding hydrogens is 378 g/mol. The van der Waals surface area contributed by atoms with Gasteiger partial charge in [-0.05, 0) is 36.4 Å². The van der Waals surface area contributed by atoms with Gasteiger partial charge in [-0.1, -0.05) is 29.8 Å². The average Bonchev–Trinajstić information content (AvgIpc) is 2.73. The van der Waals surface area contributed by atoms with Gasteiger partial charge < -0.3 is 20.1 Å². The van der Waals surface area contributed by atoms with Crippen LogP contribution in [0.15, 0.2) is 60.8 Å². The van der Waals surface area contributed by atoms with E-state index in [9.17, 15) is 4.79 Å². The van der Waals surface area contributed by atoms with E-state index in [0.29, 0.717) is 28.7 Å². The summed E-state index contributed by atoms with van der Waals surface area (Å²) in [5.74, 6) is 1.72. The second kappa shape index (κ2) is 9.10. The molecule has 0 aliphatic heterocycles. The number of anilines is 2. The second-order valence-electron chi connectivity index (χ2n) is 5.90. The number of para-hydroxylation sites is 1. The predicted molar refractivity (Wildman–Crippen MR) is 110 cm³/mol. The Hall–Kier alpha value is -3.25. The van der Waals surface area contributed by atoms with Crippen LogP contribution in [0, 0.1) is 0 Å². The van der Waals surface area contributed by atoms with Crippen molar-refractivity contribution >= 4 is 29.0 Å². The van der Waals surface area contributed by atoms with Gasteiger partial charge in [-0.15, -0.1) is 0 Å². The van der Waals surface area contributed by atoms with E-state index in [2.05, 4.69) is 15.6 Å². The molecule has 0 spiro atoms. The van der Waals surface area contributed by atoms with Gasteiger partial charge in [0.2, 0.25) is 0 Å². The number of pyridine rings is 1. The predicted octanol–water partition coefficient (Wildman–Crippen LogP) is 4.43. The van der Waals surface area contributed by atoms with Gasteiger partial charge in [-0.3, -0.25) is 4.79 Å². The lowest BCUT2D eigenvalue weighted by atomic mass is 10.2. The maximum atomic E-state index is 12.4. The summed E-state index contributed by atoms with van der Waals surface area (Å²) in [7, 11) is 3.17. The third-order valence-electron chi connectivity index (χ3n) is 4.08. The van der Waals surface area contributed by atoms with E-state index in [0.717, 1.165) is 17.0 Å². The lowest BCUT2D eigenvalue weighted by Crippen LogP contribution is -2.23. The Morgan fingerprint density at radius 2 is 1.82 bits per heavy atom. The molecule has 3 rings (SSSR count). The number of hydrogen-bond donors (Lipinski definition) is 2. The van der Waals surface area contributed by atoms with Crippen molar-refractivity contribution in [3.63, 3.8) is 0 Å². The molecule has 2 aromatic carbocycles. The van der Waals surface area contributed by atoms with Crippen LogP contribution < -0.4 is 20.1 Å². The smallest absolute Gasteiger partial charge is 0.253 e. The van der Waals surface area contributed by atoms with Crippen LogP contribution in [-0.4, -0.2) is 25.1 Å². The molecule has 3 aromatic rings. The number of aromatic nitrogens is 1. The average molecular weight is 398 g/mol. The third-order valence-corrected chi connectivity index (χ3v) is 4.38. The first kappa shape index (κ1) is 19.5. The van der Waals surface area contributed by atoms with Crippen LogP contribution in [0.4, 0.5) is 11.5 Å². The Morgan fingerprint density at radius 3 is 2.50 bits per heavy atom. The Kier molecular flexibility index (Phi) is 6.34. The molecule has 7 heteroatoms. The van der Waals surface area contributed by atoms with E-state index in [4.69, 9.17) is 21.1 Å². The number of carbonyl (C=O) groups is 1. The van der Waals surface area contributed by atoms with Crippen LogP contribution in [0.5, 0.6) is 11.5 Å². The highest BCUT2D eigenvalue weighted by molar-refractivity contribution is 6.32. The monoisotopic (exact) mass is 397 g/mol. The topological polar surface area (TPSA) is 72.5 Å². The molecular formula is C21H20ClN3O3. The molecule has 0 saturated carbocycles. The summed E-state index contributed by atoms with van der Waals surface area (Å²) in [5.41, 5.74) is 2.14. The highest BCUT2D eigenvalue weighted by Crippen LogP contribution is 2.28. The van der Waals surface area contributed by atoms with Crippen LogP contribution in [0.3, 0.4) is 0 Å². The summed E-state index contributed by atoms with van der Waals surface area (Å²) in [4.78, 5) is 16.6. The quantitative estimate of drug-likeness (QED) is 0.617. The Bertz CT molecular complexity index is 961. The van der Waals surface area contributed by atoms with Crippen molar-refractivity contribution in [2.45, 2.75) is 6.54 Å². The first-order valence-corrected chi connectivity index (χ1v) is 8.95. The maximum absolute atomic E-state index is 12.4. The van der Waals surface area contributed by atoms with Gasteiger partial charge in [-0.2, -0.15) is 0 Å². The number of amides is 1. The van der Waals surface area contributed by atoms with Gasteiger partial charge in [0.15, 0.2) is 0 Å². The van der Waals surface area contributed by atoms with Crippen molar-refractivity contribution in [2.75, 3.05) is 19.5 Å². The fourth-order valence-electron chi connectivity index (χ4n) is 2.62. The highest BCUT2D eigenvalue weighted by Gasteiger charge is 2.09. The number of nitrogens with zero attached hydrogens (tertiary/aromatic N) is 1. The highest BCUT2D eigenvalue weighted by atomic mass is 35.5. The van der Waals surface area contributed by atoms with Gasteiger partial charge in [0, 0.05) is 24.0 Å². The summed E-state index contributed by atoms with van der Waals surface area (Å²) in [6.45, 7) is 0.368.